The summed E-state index contributed by atoms with van der Waals surface area (Å²) >= 11 is 2.26. The van der Waals surface area contributed by atoms with Gasteiger partial charge in [-0.05, 0) is 34.7 Å². The molecular formula is C9H7IN2O. The van der Waals surface area contributed by atoms with E-state index < -0.39 is 0 Å². The maximum Gasteiger partial charge on any atom is 0.145 e. The molecule has 0 amide bonds. The quantitative estimate of drug-likeness (QED) is 0.693. The Labute approximate surface area is 88.8 Å². The van der Waals surface area contributed by atoms with E-state index >= 15 is 0 Å². The van der Waals surface area contributed by atoms with Gasteiger partial charge in [0, 0.05) is 5.39 Å². The molecule has 0 saturated carbocycles. The number of para-hydroxylation sites is 1. The molecule has 0 atom stereocenters. The van der Waals surface area contributed by atoms with E-state index in [9.17, 15) is 0 Å². The van der Waals surface area contributed by atoms with Gasteiger partial charge in [0.2, 0.25) is 0 Å². The summed E-state index contributed by atoms with van der Waals surface area (Å²) in [5.41, 5.74) is 1.14. The van der Waals surface area contributed by atoms with Gasteiger partial charge in [-0.2, -0.15) is 5.10 Å². The van der Waals surface area contributed by atoms with E-state index in [1.54, 1.807) is 0 Å². The van der Waals surface area contributed by atoms with Crippen molar-refractivity contribution in [2.24, 2.45) is 0 Å². The predicted molar refractivity (Wildman–Crippen MR) is 57.9 cm³/mol. The average Bonchev–Trinajstić information content (AvgIpc) is 2.47. The van der Waals surface area contributed by atoms with Crippen LogP contribution in [0.4, 0.5) is 0 Å². The van der Waals surface area contributed by atoms with E-state index in [4.69, 9.17) is 4.74 Å². The lowest BCUT2D eigenvalue weighted by Gasteiger charge is -2.14. The van der Waals surface area contributed by atoms with Gasteiger partial charge in [-0.25, -0.2) is 0 Å². The molecule has 0 saturated heterocycles. The number of aromatic nitrogens is 2. The normalized spacial score (nSPS) is 14.5. The molecule has 0 unspecified atom stereocenters. The van der Waals surface area contributed by atoms with Crippen molar-refractivity contribution in [1.29, 1.82) is 0 Å². The minimum Gasteiger partial charge on any atom is -0.489 e. The van der Waals surface area contributed by atoms with Crippen LogP contribution in [0.2, 0.25) is 0 Å². The highest BCUT2D eigenvalue weighted by atomic mass is 127. The van der Waals surface area contributed by atoms with Crippen molar-refractivity contribution >= 4 is 33.5 Å². The first kappa shape index (κ1) is 7.61. The number of ether oxygens (including phenoxy) is 1. The number of rotatable bonds is 0. The molecule has 3 nitrogen and oxygen atoms in total. The highest BCUT2D eigenvalue weighted by molar-refractivity contribution is 14.1. The molecule has 66 valence electrons. The van der Waals surface area contributed by atoms with Crippen molar-refractivity contribution in [3.05, 3.63) is 21.9 Å². The van der Waals surface area contributed by atoms with E-state index in [0.717, 1.165) is 28.1 Å². The molecule has 1 aliphatic rings. The first-order chi connectivity index (χ1) is 6.36. The maximum atomic E-state index is 5.54. The molecule has 0 radical (unpaired) electrons. The second-order valence-electron chi connectivity index (χ2n) is 3.01. The zero-order valence-electron chi connectivity index (χ0n) is 6.83. The van der Waals surface area contributed by atoms with Crippen molar-refractivity contribution < 1.29 is 4.74 Å². The summed E-state index contributed by atoms with van der Waals surface area (Å²) in [5.74, 6) is 0.958. The van der Waals surface area contributed by atoms with Crippen LogP contribution in [0.3, 0.4) is 0 Å². The molecule has 2 aromatic rings. The van der Waals surface area contributed by atoms with E-state index in [-0.39, 0.29) is 0 Å². The predicted octanol–water partition coefficient (Wildman–Crippen LogP) is 2.03. The van der Waals surface area contributed by atoms with Crippen molar-refractivity contribution in [3.63, 3.8) is 0 Å². The van der Waals surface area contributed by atoms with Gasteiger partial charge >= 0.3 is 0 Å². The largest absolute Gasteiger partial charge is 0.489 e. The first-order valence-corrected chi connectivity index (χ1v) is 5.22. The SMILES string of the molecule is Ic1nn2c3c(cccc13)OCC2. The molecule has 0 fully saturated rings. The van der Waals surface area contributed by atoms with Gasteiger partial charge in [-0.1, -0.05) is 6.07 Å². The van der Waals surface area contributed by atoms with Gasteiger partial charge in [0.05, 0.1) is 6.54 Å². The standard InChI is InChI=1S/C9H7IN2O/c10-9-6-2-1-3-7-8(6)12(11-9)4-5-13-7/h1-3H,4-5H2. The van der Waals surface area contributed by atoms with Crippen molar-refractivity contribution in [1.82, 2.24) is 9.78 Å². The smallest absolute Gasteiger partial charge is 0.145 e. The van der Waals surface area contributed by atoms with Crippen molar-refractivity contribution in [2.45, 2.75) is 6.54 Å². The molecule has 13 heavy (non-hydrogen) atoms. The second kappa shape index (κ2) is 2.60. The fraction of sp³-hybridized carbons (Fsp3) is 0.222. The lowest BCUT2D eigenvalue weighted by molar-refractivity contribution is 0.278. The third kappa shape index (κ3) is 0.979. The molecule has 0 bridgehead atoms. The number of halogens is 1. The number of hydrogen-bond acceptors (Lipinski definition) is 2. The zero-order valence-corrected chi connectivity index (χ0v) is 8.98. The van der Waals surface area contributed by atoms with Gasteiger partial charge in [-0.15, -0.1) is 0 Å². The van der Waals surface area contributed by atoms with Crippen LogP contribution >= 0.6 is 22.6 Å². The molecule has 1 aromatic carbocycles. The van der Waals surface area contributed by atoms with Crippen LogP contribution < -0.4 is 4.74 Å². The Hall–Kier alpha value is -0.780. The van der Waals surface area contributed by atoms with Gasteiger partial charge in [-0.3, -0.25) is 4.68 Å². The highest BCUT2D eigenvalue weighted by Crippen LogP contribution is 2.30. The maximum absolute atomic E-state index is 5.54. The van der Waals surface area contributed by atoms with Crippen molar-refractivity contribution in [3.8, 4) is 5.75 Å². The van der Waals surface area contributed by atoms with Crippen LogP contribution in [0.1, 0.15) is 0 Å². The molecule has 0 spiro atoms. The summed E-state index contributed by atoms with van der Waals surface area (Å²) in [6, 6.07) is 6.09. The van der Waals surface area contributed by atoms with Crippen LogP contribution in [0.25, 0.3) is 10.9 Å². The summed E-state index contributed by atoms with van der Waals surface area (Å²) in [7, 11) is 0. The lowest BCUT2D eigenvalue weighted by atomic mass is 10.2. The van der Waals surface area contributed by atoms with Crippen LogP contribution in [-0.2, 0) is 6.54 Å². The molecule has 1 aliphatic heterocycles. The monoisotopic (exact) mass is 286 g/mol. The Morgan fingerprint density at radius 2 is 2.38 bits per heavy atom. The average molecular weight is 286 g/mol. The summed E-state index contributed by atoms with van der Waals surface area (Å²) in [4.78, 5) is 0. The van der Waals surface area contributed by atoms with Crippen molar-refractivity contribution in [2.75, 3.05) is 6.61 Å². The Kier molecular flexibility index (Phi) is 1.52. The fourth-order valence-corrected chi connectivity index (χ4v) is 2.38. The molecule has 1 aromatic heterocycles. The van der Waals surface area contributed by atoms with E-state index in [2.05, 4.69) is 33.8 Å². The Bertz CT molecular complexity index is 478. The van der Waals surface area contributed by atoms with E-state index in [1.165, 1.54) is 5.39 Å². The Morgan fingerprint density at radius 3 is 3.31 bits per heavy atom. The molecule has 2 heterocycles. The molecule has 4 heteroatoms. The minimum absolute atomic E-state index is 0.726. The first-order valence-electron chi connectivity index (χ1n) is 4.14. The second-order valence-corrected chi connectivity index (χ2v) is 4.04. The number of hydrogen-bond donors (Lipinski definition) is 0. The summed E-state index contributed by atoms with van der Waals surface area (Å²) < 4.78 is 8.62. The Balaban J connectivity index is 2.51. The van der Waals surface area contributed by atoms with Crippen LogP contribution in [0, 0.1) is 3.70 Å². The zero-order chi connectivity index (χ0) is 8.84. The lowest BCUT2D eigenvalue weighted by Crippen LogP contribution is -2.14. The molecule has 3 rings (SSSR count). The highest BCUT2D eigenvalue weighted by Gasteiger charge is 2.16. The fourth-order valence-electron chi connectivity index (χ4n) is 1.69. The molecule has 0 aliphatic carbocycles. The molecule has 0 N–H and O–H groups in total. The van der Waals surface area contributed by atoms with Gasteiger partial charge in [0.1, 0.15) is 21.6 Å². The number of nitrogens with zero attached hydrogens (tertiary/aromatic N) is 2. The molecular weight excluding hydrogens is 279 g/mol. The van der Waals surface area contributed by atoms with E-state index in [1.807, 2.05) is 16.8 Å². The van der Waals surface area contributed by atoms with Gasteiger partial charge in [0.25, 0.3) is 0 Å². The van der Waals surface area contributed by atoms with Crippen LogP contribution in [0.5, 0.6) is 5.75 Å². The topological polar surface area (TPSA) is 27.1 Å². The Morgan fingerprint density at radius 1 is 1.46 bits per heavy atom. The van der Waals surface area contributed by atoms with Gasteiger partial charge < -0.3 is 4.74 Å². The summed E-state index contributed by atoms with van der Waals surface area (Å²) in [5, 5.41) is 5.64. The third-order valence-corrected chi connectivity index (χ3v) is 3.05. The van der Waals surface area contributed by atoms with Crippen LogP contribution in [0.15, 0.2) is 18.2 Å². The number of benzene rings is 1. The summed E-state index contributed by atoms with van der Waals surface area (Å²) in [6.07, 6.45) is 0. The van der Waals surface area contributed by atoms with Crippen LogP contribution in [-0.4, -0.2) is 16.4 Å². The summed E-state index contributed by atoms with van der Waals surface area (Å²) in [6.45, 7) is 1.58. The minimum atomic E-state index is 0.726. The third-order valence-electron chi connectivity index (χ3n) is 2.25. The van der Waals surface area contributed by atoms with Gasteiger partial charge in [0.15, 0.2) is 0 Å². The van der Waals surface area contributed by atoms with E-state index in [0.29, 0.717) is 0 Å².